The molecular formula is C23H18N4O3. The second-order valence-electron chi connectivity index (χ2n) is 7.32. The number of aromatic nitrogens is 3. The summed E-state index contributed by atoms with van der Waals surface area (Å²) in [4.78, 5) is 30.7. The van der Waals surface area contributed by atoms with Gasteiger partial charge >= 0.3 is 5.97 Å². The van der Waals surface area contributed by atoms with Gasteiger partial charge in [-0.25, -0.2) is 9.78 Å². The maximum absolute atomic E-state index is 12.7. The van der Waals surface area contributed by atoms with Crippen molar-refractivity contribution in [3.05, 3.63) is 72.2 Å². The van der Waals surface area contributed by atoms with E-state index in [1.54, 1.807) is 16.9 Å². The van der Waals surface area contributed by atoms with Gasteiger partial charge in [-0.15, -0.1) is 0 Å². The number of nitrogens with zero attached hydrogens (tertiary/aromatic N) is 4. The van der Waals surface area contributed by atoms with Crippen LogP contribution in [0.25, 0.3) is 21.9 Å². The molecule has 0 fully saturated rings. The lowest BCUT2D eigenvalue weighted by Gasteiger charge is -2.31. The zero-order chi connectivity index (χ0) is 20.8. The van der Waals surface area contributed by atoms with Gasteiger partial charge in [-0.05, 0) is 29.1 Å². The summed E-state index contributed by atoms with van der Waals surface area (Å²) in [7, 11) is 1.85. The van der Waals surface area contributed by atoms with Gasteiger partial charge in [0.15, 0.2) is 11.5 Å². The van der Waals surface area contributed by atoms with E-state index in [4.69, 9.17) is 0 Å². The molecule has 30 heavy (non-hydrogen) atoms. The molecule has 1 N–H and O–H groups in total. The minimum Gasteiger partial charge on any atom is -0.477 e. The molecule has 0 saturated carbocycles. The summed E-state index contributed by atoms with van der Waals surface area (Å²) in [6.07, 6.45) is 3.99. The maximum Gasteiger partial charge on any atom is 0.354 e. The van der Waals surface area contributed by atoms with Crippen molar-refractivity contribution in [3.63, 3.8) is 0 Å². The van der Waals surface area contributed by atoms with E-state index in [0.717, 1.165) is 27.6 Å². The molecular weight excluding hydrogens is 380 g/mol. The normalized spacial score (nSPS) is 13.5. The lowest BCUT2D eigenvalue weighted by atomic mass is 9.96. The number of aryl methyl sites for hydroxylation is 1. The summed E-state index contributed by atoms with van der Waals surface area (Å²) in [5, 5.41) is 15.4. The van der Waals surface area contributed by atoms with Crippen LogP contribution < -0.4 is 4.90 Å². The van der Waals surface area contributed by atoms with Crippen LogP contribution in [0.5, 0.6) is 0 Å². The van der Waals surface area contributed by atoms with E-state index >= 15 is 0 Å². The second kappa shape index (κ2) is 6.81. The van der Waals surface area contributed by atoms with Crippen LogP contribution in [0.3, 0.4) is 0 Å². The fraction of sp³-hybridized carbons (Fsp3) is 0.130. The fourth-order valence-electron chi connectivity index (χ4n) is 3.93. The van der Waals surface area contributed by atoms with Crippen LogP contribution in [0.15, 0.2) is 60.9 Å². The largest absolute Gasteiger partial charge is 0.477 e. The van der Waals surface area contributed by atoms with E-state index in [1.165, 1.54) is 0 Å². The molecule has 0 unspecified atom stereocenters. The van der Waals surface area contributed by atoms with Crippen LogP contribution in [0, 0.1) is 0 Å². The predicted molar refractivity (Wildman–Crippen MR) is 113 cm³/mol. The van der Waals surface area contributed by atoms with Gasteiger partial charge in [-0.1, -0.05) is 30.3 Å². The first-order valence-corrected chi connectivity index (χ1v) is 9.58. The topological polar surface area (TPSA) is 88.3 Å². The molecule has 0 radical (unpaired) electrons. The van der Waals surface area contributed by atoms with E-state index < -0.39 is 5.97 Å². The summed E-state index contributed by atoms with van der Waals surface area (Å²) in [5.41, 5.74) is 3.17. The minimum absolute atomic E-state index is 0.0193. The quantitative estimate of drug-likeness (QED) is 0.560. The molecule has 5 rings (SSSR count). The first-order chi connectivity index (χ1) is 14.5. The van der Waals surface area contributed by atoms with Gasteiger partial charge in [0.05, 0.1) is 11.9 Å². The molecule has 3 heterocycles. The molecule has 2 aromatic heterocycles. The van der Waals surface area contributed by atoms with Gasteiger partial charge in [0, 0.05) is 42.7 Å². The molecule has 7 heteroatoms. The zero-order valence-electron chi connectivity index (χ0n) is 16.2. The van der Waals surface area contributed by atoms with E-state index in [9.17, 15) is 14.7 Å². The fourth-order valence-corrected chi connectivity index (χ4v) is 3.93. The number of aromatic carboxylic acids is 1. The Morgan fingerprint density at radius 1 is 1.10 bits per heavy atom. The number of ketones is 1. The number of fused-ring (bicyclic) bond motifs is 2. The number of Topliss-reactive ketones (excluding diaryl/α,β-unsaturated/α-hetero) is 1. The molecule has 2 aromatic carbocycles. The van der Waals surface area contributed by atoms with Crippen LogP contribution >= 0.6 is 0 Å². The standard InChI is InChI=1S/C23H18N4O3/c1-26-13-16(12-24-26)14-6-7-20-18(10-14)21(28)8-9-27(20)22-17-5-3-2-4-15(17)11-19(25-22)23(29)30/h2-7,10-13H,8-9H2,1H3,(H,29,30). The van der Waals surface area contributed by atoms with Crippen LogP contribution in [-0.2, 0) is 7.05 Å². The maximum atomic E-state index is 12.7. The first kappa shape index (κ1) is 18.1. The van der Waals surface area contributed by atoms with Crippen LogP contribution in [0.2, 0.25) is 0 Å². The summed E-state index contributed by atoms with van der Waals surface area (Å²) in [6, 6.07) is 14.9. The number of carboxylic acids is 1. The average Bonchev–Trinajstić information content (AvgIpc) is 3.19. The third kappa shape index (κ3) is 2.91. The highest BCUT2D eigenvalue weighted by atomic mass is 16.4. The van der Waals surface area contributed by atoms with Gasteiger partial charge in [-0.2, -0.15) is 5.10 Å². The summed E-state index contributed by atoms with van der Waals surface area (Å²) in [6.45, 7) is 0.443. The van der Waals surface area contributed by atoms with Gasteiger partial charge in [0.2, 0.25) is 0 Å². The predicted octanol–water partition coefficient (Wildman–Crippen LogP) is 4.06. The van der Waals surface area contributed by atoms with Crippen molar-refractivity contribution in [2.75, 3.05) is 11.4 Å². The number of carbonyl (C=O) groups is 2. The van der Waals surface area contributed by atoms with Crippen LogP contribution in [0.1, 0.15) is 27.3 Å². The van der Waals surface area contributed by atoms with Crippen LogP contribution in [-0.4, -0.2) is 38.2 Å². The Morgan fingerprint density at radius 3 is 2.70 bits per heavy atom. The first-order valence-electron chi connectivity index (χ1n) is 9.58. The Balaban J connectivity index is 1.69. The van der Waals surface area contributed by atoms with Crippen molar-refractivity contribution in [2.45, 2.75) is 6.42 Å². The van der Waals surface area contributed by atoms with Crippen molar-refractivity contribution in [2.24, 2.45) is 7.05 Å². The molecule has 1 aliphatic rings. The highest BCUT2D eigenvalue weighted by molar-refractivity contribution is 6.07. The number of benzene rings is 2. The zero-order valence-corrected chi connectivity index (χ0v) is 16.2. The molecule has 0 aliphatic carbocycles. The average molecular weight is 398 g/mol. The van der Waals surface area contributed by atoms with Crippen molar-refractivity contribution in [3.8, 4) is 11.1 Å². The summed E-state index contributed by atoms with van der Waals surface area (Å²) in [5.74, 6) is -0.471. The number of carboxylic acid groups (broad SMARTS) is 1. The monoisotopic (exact) mass is 398 g/mol. The minimum atomic E-state index is -1.08. The van der Waals surface area contributed by atoms with Crippen molar-refractivity contribution < 1.29 is 14.7 Å². The highest BCUT2D eigenvalue weighted by Crippen LogP contribution is 2.38. The highest BCUT2D eigenvalue weighted by Gasteiger charge is 2.27. The van der Waals surface area contributed by atoms with Crippen molar-refractivity contribution >= 4 is 34.0 Å². The van der Waals surface area contributed by atoms with E-state index in [-0.39, 0.29) is 11.5 Å². The van der Waals surface area contributed by atoms with Gasteiger partial charge in [0.25, 0.3) is 0 Å². The summed E-state index contributed by atoms with van der Waals surface area (Å²) < 4.78 is 1.72. The third-order valence-electron chi connectivity index (χ3n) is 5.38. The second-order valence-corrected chi connectivity index (χ2v) is 7.32. The Morgan fingerprint density at radius 2 is 1.93 bits per heavy atom. The van der Waals surface area contributed by atoms with Crippen molar-refractivity contribution in [1.82, 2.24) is 14.8 Å². The van der Waals surface area contributed by atoms with Crippen LogP contribution in [0.4, 0.5) is 11.5 Å². The summed E-state index contributed by atoms with van der Waals surface area (Å²) >= 11 is 0. The number of rotatable bonds is 3. The third-order valence-corrected chi connectivity index (χ3v) is 5.38. The molecule has 1 aliphatic heterocycles. The van der Waals surface area contributed by atoms with Gasteiger partial charge in [0.1, 0.15) is 5.82 Å². The number of hydrogen-bond acceptors (Lipinski definition) is 5. The van der Waals surface area contributed by atoms with Gasteiger partial charge < -0.3 is 10.0 Å². The SMILES string of the molecule is Cn1cc(-c2ccc3c(c2)C(=O)CCN3c2nc(C(=O)O)cc3ccccc23)cn1. The van der Waals surface area contributed by atoms with E-state index in [1.807, 2.05) is 60.6 Å². The number of anilines is 2. The Bertz CT molecular complexity index is 1330. The Labute approximate surface area is 172 Å². The molecule has 0 saturated heterocycles. The lowest BCUT2D eigenvalue weighted by molar-refractivity contribution is 0.0690. The Hall–Kier alpha value is -4.00. The molecule has 0 atom stereocenters. The van der Waals surface area contributed by atoms with E-state index in [2.05, 4.69) is 10.1 Å². The smallest absolute Gasteiger partial charge is 0.354 e. The molecule has 0 amide bonds. The number of pyridine rings is 1. The molecule has 0 bridgehead atoms. The number of carbonyl (C=O) groups excluding carboxylic acids is 1. The molecule has 4 aromatic rings. The van der Waals surface area contributed by atoms with Gasteiger partial charge in [-0.3, -0.25) is 9.48 Å². The molecule has 7 nitrogen and oxygen atoms in total. The Kier molecular flexibility index (Phi) is 4.10. The van der Waals surface area contributed by atoms with E-state index in [0.29, 0.717) is 24.3 Å². The van der Waals surface area contributed by atoms with Crippen molar-refractivity contribution in [1.29, 1.82) is 0 Å². The number of hydrogen-bond donors (Lipinski definition) is 1. The molecule has 148 valence electrons. The lowest BCUT2D eigenvalue weighted by Crippen LogP contribution is -2.29. The molecule has 0 spiro atoms.